The molecule has 8 heteroatoms. The highest BCUT2D eigenvalue weighted by atomic mass is 16.6. The third kappa shape index (κ3) is 4.31. The van der Waals surface area contributed by atoms with Gasteiger partial charge in [0.05, 0.1) is 6.04 Å². The van der Waals surface area contributed by atoms with Crippen molar-refractivity contribution in [2.45, 2.75) is 52.0 Å². The van der Waals surface area contributed by atoms with Gasteiger partial charge in [0.1, 0.15) is 0 Å². The molecular formula is C14H19NO7. The predicted molar refractivity (Wildman–Crippen MR) is 73.4 cm³/mol. The highest BCUT2D eigenvalue weighted by Crippen LogP contribution is 2.33. The SMILES string of the molecule is C=C1[C@@H](OC(C)=O)[C@H](OC(C)=O)[C@@H](OC(C)=O)[C@H]1NC(C)=O. The molecule has 0 bridgehead atoms. The number of hydrogen-bond acceptors (Lipinski definition) is 7. The van der Waals surface area contributed by atoms with Gasteiger partial charge in [-0.1, -0.05) is 6.58 Å². The normalized spacial score (nSPS) is 27.0. The van der Waals surface area contributed by atoms with Crippen LogP contribution in [-0.4, -0.2) is 48.2 Å². The number of hydrogen-bond donors (Lipinski definition) is 1. The van der Waals surface area contributed by atoms with Gasteiger partial charge in [0, 0.05) is 27.7 Å². The van der Waals surface area contributed by atoms with Crippen LogP contribution >= 0.6 is 0 Å². The van der Waals surface area contributed by atoms with Gasteiger partial charge in [-0.05, 0) is 5.57 Å². The van der Waals surface area contributed by atoms with E-state index in [1.165, 1.54) is 27.7 Å². The fraction of sp³-hybridized carbons (Fsp3) is 0.571. The lowest BCUT2D eigenvalue weighted by Crippen LogP contribution is -2.46. The average molecular weight is 313 g/mol. The fourth-order valence-electron chi connectivity index (χ4n) is 2.32. The maximum absolute atomic E-state index is 11.3. The lowest BCUT2D eigenvalue weighted by atomic mass is 10.1. The summed E-state index contributed by atoms with van der Waals surface area (Å²) in [6.07, 6.45) is -3.11. The van der Waals surface area contributed by atoms with Gasteiger partial charge in [-0.2, -0.15) is 0 Å². The molecule has 1 fully saturated rings. The van der Waals surface area contributed by atoms with E-state index in [2.05, 4.69) is 11.9 Å². The summed E-state index contributed by atoms with van der Waals surface area (Å²) in [4.78, 5) is 45.1. The summed E-state index contributed by atoms with van der Waals surface area (Å²) in [5.41, 5.74) is 0.280. The Kier molecular flexibility index (Phi) is 5.67. The molecule has 0 aliphatic heterocycles. The number of ether oxygens (including phenoxy) is 3. The summed E-state index contributed by atoms with van der Waals surface area (Å²) in [5.74, 6) is -2.29. The highest BCUT2D eigenvalue weighted by Gasteiger charge is 2.52. The monoisotopic (exact) mass is 313 g/mol. The number of carbonyl (C=O) groups excluding carboxylic acids is 4. The van der Waals surface area contributed by atoms with Gasteiger partial charge >= 0.3 is 17.9 Å². The van der Waals surface area contributed by atoms with Gasteiger partial charge < -0.3 is 19.5 Å². The third-order valence-electron chi connectivity index (χ3n) is 2.97. The van der Waals surface area contributed by atoms with Crippen LogP contribution in [0, 0.1) is 0 Å². The standard InChI is InChI=1S/C14H19NO7/c1-6-11(15-7(2)16)13(21-9(4)18)14(22-10(5)19)12(6)20-8(3)17/h11-14H,1H2,2-5H3,(H,15,16)/t11-,12+,13-,14-/m0/s1. The molecule has 0 radical (unpaired) electrons. The molecule has 1 saturated carbocycles. The topological polar surface area (TPSA) is 108 Å². The van der Waals surface area contributed by atoms with Crippen molar-refractivity contribution in [3.63, 3.8) is 0 Å². The van der Waals surface area contributed by atoms with E-state index in [9.17, 15) is 19.2 Å². The van der Waals surface area contributed by atoms with Crippen molar-refractivity contribution in [1.82, 2.24) is 5.32 Å². The first-order chi connectivity index (χ1) is 10.1. The Morgan fingerprint density at radius 3 is 1.73 bits per heavy atom. The van der Waals surface area contributed by atoms with Gasteiger partial charge in [-0.3, -0.25) is 19.2 Å². The number of nitrogens with one attached hydrogen (secondary N) is 1. The zero-order chi connectivity index (χ0) is 17.0. The number of esters is 3. The second-order valence-electron chi connectivity index (χ2n) is 4.93. The van der Waals surface area contributed by atoms with Crippen LogP contribution in [0.1, 0.15) is 27.7 Å². The Morgan fingerprint density at radius 2 is 1.32 bits per heavy atom. The van der Waals surface area contributed by atoms with Crippen molar-refractivity contribution in [2.75, 3.05) is 0 Å². The van der Waals surface area contributed by atoms with E-state index in [4.69, 9.17) is 14.2 Å². The van der Waals surface area contributed by atoms with Gasteiger partial charge in [-0.15, -0.1) is 0 Å². The highest BCUT2D eigenvalue weighted by molar-refractivity contribution is 5.75. The third-order valence-corrected chi connectivity index (χ3v) is 2.97. The zero-order valence-corrected chi connectivity index (χ0v) is 12.9. The van der Waals surface area contributed by atoms with Gasteiger partial charge in [0.2, 0.25) is 5.91 Å². The van der Waals surface area contributed by atoms with Crippen molar-refractivity contribution in [3.05, 3.63) is 12.2 Å². The molecular weight excluding hydrogens is 294 g/mol. The molecule has 8 nitrogen and oxygen atoms in total. The number of rotatable bonds is 4. The molecule has 1 aliphatic carbocycles. The molecule has 1 aliphatic rings. The minimum atomic E-state index is -1.07. The molecule has 0 aromatic rings. The summed E-state index contributed by atoms with van der Waals surface area (Å²) < 4.78 is 15.4. The van der Waals surface area contributed by atoms with Crippen molar-refractivity contribution in [3.8, 4) is 0 Å². The maximum Gasteiger partial charge on any atom is 0.303 e. The molecule has 1 amide bonds. The fourth-order valence-corrected chi connectivity index (χ4v) is 2.32. The zero-order valence-electron chi connectivity index (χ0n) is 12.9. The molecule has 0 spiro atoms. The average Bonchev–Trinajstić information content (AvgIpc) is 2.54. The molecule has 0 saturated heterocycles. The first-order valence-electron chi connectivity index (χ1n) is 6.61. The summed E-state index contributed by atoms with van der Waals surface area (Å²) in [6, 6.07) is -0.824. The summed E-state index contributed by atoms with van der Waals surface area (Å²) >= 11 is 0. The number of amides is 1. The van der Waals surface area contributed by atoms with Crippen LogP contribution < -0.4 is 5.32 Å². The van der Waals surface area contributed by atoms with Crippen molar-refractivity contribution in [1.29, 1.82) is 0 Å². The second-order valence-corrected chi connectivity index (χ2v) is 4.93. The lowest BCUT2D eigenvalue weighted by molar-refractivity contribution is -0.174. The summed E-state index contributed by atoms with van der Waals surface area (Å²) in [6.45, 7) is 8.57. The molecule has 0 heterocycles. The lowest BCUT2D eigenvalue weighted by Gasteiger charge is -2.25. The Balaban J connectivity index is 3.17. The molecule has 4 atom stereocenters. The van der Waals surface area contributed by atoms with Crippen LogP contribution in [-0.2, 0) is 33.4 Å². The van der Waals surface area contributed by atoms with E-state index >= 15 is 0 Å². The Morgan fingerprint density at radius 1 is 0.864 bits per heavy atom. The molecule has 122 valence electrons. The van der Waals surface area contributed by atoms with Crippen LogP contribution in [0.3, 0.4) is 0 Å². The van der Waals surface area contributed by atoms with Crippen LogP contribution in [0.2, 0.25) is 0 Å². The molecule has 1 rings (SSSR count). The van der Waals surface area contributed by atoms with Crippen LogP contribution in [0.15, 0.2) is 12.2 Å². The Hall–Kier alpha value is -2.38. The van der Waals surface area contributed by atoms with E-state index in [1.807, 2.05) is 0 Å². The van der Waals surface area contributed by atoms with Crippen LogP contribution in [0.5, 0.6) is 0 Å². The molecule has 1 N–H and O–H groups in total. The van der Waals surface area contributed by atoms with E-state index in [0.717, 1.165) is 0 Å². The Bertz CT molecular complexity index is 469. The van der Waals surface area contributed by atoms with Crippen molar-refractivity contribution >= 4 is 23.8 Å². The van der Waals surface area contributed by atoms with E-state index in [-0.39, 0.29) is 5.57 Å². The second kappa shape index (κ2) is 7.06. The molecule has 0 aromatic carbocycles. The first-order valence-corrected chi connectivity index (χ1v) is 6.61. The molecule has 0 aromatic heterocycles. The van der Waals surface area contributed by atoms with E-state index < -0.39 is 48.2 Å². The predicted octanol–water partition coefficient (Wildman–Crippen LogP) is -0.144. The summed E-state index contributed by atoms with van der Waals surface area (Å²) in [7, 11) is 0. The van der Waals surface area contributed by atoms with Crippen LogP contribution in [0.25, 0.3) is 0 Å². The van der Waals surface area contributed by atoms with E-state index in [1.54, 1.807) is 0 Å². The molecule has 0 unspecified atom stereocenters. The first kappa shape index (κ1) is 17.7. The minimum Gasteiger partial charge on any atom is -0.456 e. The van der Waals surface area contributed by atoms with Crippen molar-refractivity contribution in [2.24, 2.45) is 0 Å². The van der Waals surface area contributed by atoms with Crippen molar-refractivity contribution < 1.29 is 33.4 Å². The Labute approximate surface area is 127 Å². The van der Waals surface area contributed by atoms with Gasteiger partial charge in [0.25, 0.3) is 0 Å². The maximum atomic E-state index is 11.3. The molecule has 22 heavy (non-hydrogen) atoms. The summed E-state index contributed by atoms with van der Waals surface area (Å²) in [5, 5.41) is 2.56. The quantitative estimate of drug-likeness (QED) is 0.437. The van der Waals surface area contributed by atoms with Gasteiger partial charge in [-0.25, -0.2) is 0 Å². The van der Waals surface area contributed by atoms with Crippen LogP contribution in [0.4, 0.5) is 0 Å². The largest absolute Gasteiger partial charge is 0.456 e. The van der Waals surface area contributed by atoms with E-state index in [0.29, 0.717) is 0 Å². The smallest absolute Gasteiger partial charge is 0.303 e. The minimum absolute atomic E-state index is 0.280. The number of carbonyl (C=O) groups is 4. The van der Waals surface area contributed by atoms with Gasteiger partial charge in [0.15, 0.2) is 18.3 Å².